The molecule has 0 bridgehead atoms. The fourth-order valence-corrected chi connectivity index (χ4v) is 4.51. The van der Waals surface area contributed by atoms with Crippen LogP contribution in [0.4, 0.5) is 17.1 Å². The molecule has 2 N–H and O–H groups in total. The number of aromatic nitrogens is 1. The number of anilines is 3. The van der Waals surface area contributed by atoms with E-state index < -0.39 is 5.97 Å². The third kappa shape index (κ3) is 3.85. The van der Waals surface area contributed by atoms with Crippen LogP contribution in [0.25, 0.3) is 10.9 Å². The maximum absolute atomic E-state index is 11.7. The van der Waals surface area contributed by atoms with E-state index in [0.29, 0.717) is 15.7 Å². The number of hydrogen-bond acceptors (Lipinski definition) is 5. The third-order valence-corrected chi connectivity index (χ3v) is 6.05. The molecule has 0 amide bonds. The van der Waals surface area contributed by atoms with Crippen LogP contribution in [0.15, 0.2) is 42.6 Å². The van der Waals surface area contributed by atoms with Crippen LogP contribution in [0.3, 0.4) is 0 Å². The second-order valence-electron chi connectivity index (χ2n) is 6.40. The summed E-state index contributed by atoms with van der Waals surface area (Å²) in [6.45, 7) is 1.80. The van der Waals surface area contributed by atoms with Gasteiger partial charge < -0.3 is 15.3 Å². The van der Waals surface area contributed by atoms with Crippen molar-refractivity contribution in [3.8, 4) is 0 Å². The van der Waals surface area contributed by atoms with E-state index >= 15 is 0 Å². The van der Waals surface area contributed by atoms with Crippen molar-refractivity contribution in [1.29, 1.82) is 0 Å². The van der Waals surface area contributed by atoms with Crippen LogP contribution in [0.1, 0.15) is 10.4 Å². The minimum atomic E-state index is -1.04. The van der Waals surface area contributed by atoms with Crippen molar-refractivity contribution in [3.63, 3.8) is 0 Å². The monoisotopic (exact) mass is 433 g/mol. The molecule has 0 spiro atoms. The van der Waals surface area contributed by atoms with E-state index in [1.54, 1.807) is 18.2 Å². The molecule has 3 aromatic rings. The molecule has 5 nitrogen and oxygen atoms in total. The highest BCUT2D eigenvalue weighted by atomic mass is 35.5. The number of pyridine rings is 1. The first-order chi connectivity index (χ1) is 13.5. The Morgan fingerprint density at radius 1 is 1.11 bits per heavy atom. The number of thioether (sulfide) groups is 1. The fourth-order valence-electron chi connectivity index (χ4n) is 3.27. The molecule has 0 radical (unpaired) electrons. The standard InChI is InChI=1S/C20H17Cl2N3O2S/c21-12-1-3-16-14(9-12)19(18(11-23-16)25-5-7-28-8-6-25)24-17-4-2-13(22)10-15(17)20(26)27/h1-4,9-11H,5-8H2,(H,23,24)(H,26,27). The lowest BCUT2D eigenvalue weighted by Gasteiger charge is -2.31. The quantitative estimate of drug-likeness (QED) is 0.563. The lowest BCUT2D eigenvalue weighted by atomic mass is 10.1. The molecule has 0 saturated carbocycles. The first-order valence-electron chi connectivity index (χ1n) is 8.74. The minimum absolute atomic E-state index is 0.111. The molecule has 1 saturated heterocycles. The molecule has 4 rings (SSSR count). The fraction of sp³-hybridized carbons (Fsp3) is 0.200. The van der Waals surface area contributed by atoms with Gasteiger partial charge in [0.25, 0.3) is 0 Å². The molecule has 0 atom stereocenters. The van der Waals surface area contributed by atoms with Crippen molar-refractivity contribution in [1.82, 2.24) is 4.98 Å². The smallest absolute Gasteiger partial charge is 0.337 e. The summed E-state index contributed by atoms with van der Waals surface area (Å²) >= 11 is 14.2. The van der Waals surface area contributed by atoms with E-state index in [1.165, 1.54) is 6.07 Å². The number of carboxylic acids is 1. The van der Waals surface area contributed by atoms with Crippen molar-refractivity contribution in [2.75, 3.05) is 34.8 Å². The Bertz CT molecular complexity index is 1060. The molecule has 8 heteroatoms. The lowest BCUT2D eigenvalue weighted by Crippen LogP contribution is -2.33. The molecular formula is C20H17Cl2N3O2S. The van der Waals surface area contributed by atoms with Gasteiger partial charge >= 0.3 is 5.97 Å². The number of aromatic carboxylic acids is 1. The van der Waals surface area contributed by atoms with Gasteiger partial charge in [-0.3, -0.25) is 4.98 Å². The molecule has 1 fully saturated rings. The Morgan fingerprint density at radius 2 is 1.82 bits per heavy atom. The molecule has 2 heterocycles. The highest BCUT2D eigenvalue weighted by molar-refractivity contribution is 7.99. The van der Waals surface area contributed by atoms with Gasteiger partial charge in [-0.2, -0.15) is 11.8 Å². The number of benzene rings is 2. The second kappa shape index (κ2) is 8.07. The number of fused-ring (bicyclic) bond motifs is 1. The predicted octanol–water partition coefficient (Wildman–Crippen LogP) is 5.54. The summed E-state index contributed by atoms with van der Waals surface area (Å²) in [4.78, 5) is 18.6. The molecule has 144 valence electrons. The summed E-state index contributed by atoms with van der Waals surface area (Å²) in [6.07, 6.45) is 1.84. The van der Waals surface area contributed by atoms with Gasteiger partial charge in [0.05, 0.1) is 34.3 Å². The largest absolute Gasteiger partial charge is 0.478 e. The number of nitrogens with zero attached hydrogens (tertiary/aromatic N) is 2. The molecule has 1 aliphatic rings. The van der Waals surface area contributed by atoms with Gasteiger partial charge in [-0.25, -0.2) is 4.79 Å². The SMILES string of the molecule is O=C(O)c1cc(Cl)ccc1Nc1c(N2CCSCC2)cnc2ccc(Cl)cc12. The molecule has 1 aromatic heterocycles. The van der Waals surface area contributed by atoms with Crippen molar-refractivity contribution in [3.05, 3.63) is 58.2 Å². The predicted molar refractivity (Wildman–Crippen MR) is 118 cm³/mol. The van der Waals surface area contributed by atoms with Gasteiger partial charge in [-0.15, -0.1) is 0 Å². The Balaban J connectivity index is 1.88. The van der Waals surface area contributed by atoms with Crippen molar-refractivity contribution in [2.45, 2.75) is 0 Å². The van der Waals surface area contributed by atoms with Crippen LogP contribution in [0.5, 0.6) is 0 Å². The summed E-state index contributed by atoms with van der Waals surface area (Å²) < 4.78 is 0. The average molecular weight is 434 g/mol. The molecule has 1 aliphatic heterocycles. The van der Waals surface area contributed by atoms with Gasteiger partial charge in [0.15, 0.2) is 0 Å². The Morgan fingerprint density at radius 3 is 2.57 bits per heavy atom. The number of nitrogens with one attached hydrogen (secondary N) is 1. The summed E-state index contributed by atoms with van der Waals surface area (Å²) in [6, 6.07) is 10.3. The Hall–Kier alpha value is -2.15. The summed E-state index contributed by atoms with van der Waals surface area (Å²) in [5.74, 6) is 1.03. The number of hydrogen-bond donors (Lipinski definition) is 2. The highest BCUT2D eigenvalue weighted by Gasteiger charge is 2.20. The molecular weight excluding hydrogens is 417 g/mol. The molecule has 2 aromatic carbocycles. The van der Waals surface area contributed by atoms with Crippen LogP contribution in [-0.2, 0) is 0 Å². The van der Waals surface area contributed by atoms with E-state index in [4.69, 9.17) is 23.2 Å². The number of carbonyl (C=O) groups is 1. The zero-order valence-corrected chi connectivity index (χ0v) is 17.1. The molecule has 28 heavy (non-hydrogen) atoms. The van der Waals surface area contributed by atoms with Gasteiger partial charge in [0.1, 0.15) is 0 Å². The topological polar surface area (TPSA) is 65.5 Å². The summed E-state index contributed by atoms with van der Waals surface area (Å²) in [7, 11) is 0. The van der Waals surface area contributed by atoms with E-state index in [9.17, 15) is 9.90 Å². The number of rotatable bonds is 4. The Kier molecular flexibility index (Phi) is 5.53. The highest BCUT2D eigenvalue weighted by Crippen LogP contribution is 2.38. The van der Waals surface area contributed by atoms with Crippen LogP contribution in [0.2, 0.25) is 10.0 Å². The second-order valence-corrected chi connectivity index (χ2v) is 8.50. The maximum Gasteiger partial charge on any atom is 0.337 e. The van der Waals surface area contributed by atoms with Gasteiger partial charge in [0, 0.05) is 40.0 Å². The average Bonchev–Trinajstić information content (AvgIpc) is 2.70. The van der Waals surface area contributed by atoms with Gasteiger partial charge in [-0.1, -0.05) is 23.2 Å². The first kappa shape index (κ1) is 19.2. The van der Waals surface area contributed by atoms with Crippen LogP contribution >= 0.6 is 35.0 Å². The lowest BCUT2D eigenvalue weighted by molar-refractivity contribution is 0.0698. The summed E-state index contributed by atoms with van der Waals surface area (Å²) in [5.41, 5.74) is 3.09. The third-order valence-electron chi connectivity index (χ3n) is 4.63. The van der Waals surface area contributed by atoms with E-state index in [-0.39, 0.29) is 5.56 Å². The summed E-state index contributed by atoms with van der Waals surface area (Å²) in [5, 5.41) is 14.7. The Labute approximate surface area is 176 Å². The van der Waals surface area contributed by atoms with Gasteiger partial charge in [0.2, 0.25) is 0 Å². The first-order valence-corrected chi connectivity index (χ1v) is 10.6. The van der Waals surface area contributed by atoms with E-state index in [0.717, 1.165) is 46.9 Å². The van der Waals surface area contributed by atoms with Crippen LogP contribution in [0, 0.1) is 0 Å². The van der Waals surface area contributed by atoms with Crippen LogP contribution < -0.4 is 10.2 Å². The van der Waals surface area contributed by atoms with Crippen molar-refractivity contribution < 1.29 is 9.90 Å². The zero-order chi connectivity index (χ0) is 19.7. The molecule has 0 unspecified atom stereocenters. The molecule has 0 aliphatic carbocycles. The van der Waals surface area contributed by atoms with Crippen molar-refractivity contribution >= 4 is 68.9 Å². The number of carboxylic acid groups (broad SMARTS) is 1. The normalized spacial score (nSPS) is 14.3. The van der Waals surface area contributed by atoms with E-state index in [1.807, 2.05) is 30.1 Å². The van der Waals surface area contributed by atoms with Crippen molar-refractivity contribution in [2.24, 2.45) is 0 Å². The van der Waals surface area contributed by atoms with E-state index in [2.05, 4.69) is 15.2 Å². The maximum atomic E-state index is 11.7. The minimum Gasteiger partial charge on any atom is -0.478 e. The van der Waals surface area contributed by atoms with Crippen LogP contribution in [-0.4, -0.2) is 40.7 Å². The number of halogens is 2. The van der Waals surface area contributed by atoms with Gasteiger partial charge in [-0.05, 0) is 36.4 Å². The zero-order valence-electron chi connectivity index (χ0n) is 14.8.